The summed E-state index contributed by atoms with van der Waals surface area (Å²) in [5.41, 5.74) is 2.59. The van der Waals surface area contributed by atoms with Crippen LogP contribution < -0.4 is 5.32 Å². The summed E-state index contributed by atoms with van der Waals surface area (Å²) in [6.45, 7) is 4.68. The van der Waals surface area contributed by atoms with Crippen LogP contribution in [0.3, 0.4) is 0 Å². The fourth-order valence-corrected chi connectivity index (χ4v) is 3.67. The first-order valence-electron chi connectivity index (χ1n) is 10.5. The van der Waals surface area contributed by atoms with Crippen molar-refractivity contribution < 1.29 is 14.3 Å². The van der Waals surface area contributed by atoms with E-state index in [1.807, 2.05) is 6.92 Å². The van der Waals surface area contributed by atoms with Crippen molar-refractivity contribution in [3.8, 4) is 0 Å². The van der Waals surface area contributed by atoms with Crippen LogP contribution in [0.25, 0.3) is 0 Å². The number of benzene rings is 2. The second kappa shape index (κ2) is 10.8. The summed E-state index contributed by atoms with van der Waals surface area (Å²) in [5.74, 6) is 0.340. The number of anilines is 1. The zero-order valence-electron chi connectivity index (χ0n) is 17.1. The highest BCUT2D eigenvalue weighted by atomic mass is 16.5. The van der Waals surface area contributed by atoms with Crippen molar-refractivity contribution in [3.05, 3.63) is 65.7 Å². The molecule has 1 heterocycles. The van der Waals surface area contributed by atoms with Gasteiger partial charge in [0.2, 0.25) is 5.91 Å². The van der Waals surface area contributed by atoms with E-state index in [0.29, 0.717) is 30.3 Å². The van der Waals surface area contributed by atoms with E-state index in [-0.39, 0.29) is 11.9 Å². The Hall–Kier alpha value is -2.66. The number of amides is 1. The highest BCUT2D eigenvalue weighted by Gasteiger charge is 2.21. The molecule has 5 heteroatoms. The highest BCUT2D eigenvalue weighted by molar-refractivity contribution is 5.94. The Labute approximate surface area is 173 Å². The fourth-order valence-electron chi connectivity index (χ4n) is 3.67. The van der Waals surface area contributed by atoms with E-state index < -0.39 is 0 Å². The van der Waals surface area contributed by atoms with Crippen LogP contribution in [0.4, 0.5) is 5.69 Å². The van der Waals surface area contributed by atoms with Crippen LogP contribution in [0.1, 0.15) is 42.1 Å². The predicted octanol–water partition coefficient (Wildman–Crippen LogP) is 4.15. The van der Waals surface area contributed by atoms with Gasteiger partial charge in [-0.1, -0.05) is 37.3 Å². The van der Waals surface area contributed by atoms with E-state index in [2.05, 4.69) is 40.5 Å². The van der Waals surface area contributed by atoms with Gasteiger partial charge in [0.15, 0.2) is 0 Å². The molecule has 1 fully saturated rings. The van der Waals surface area contributed by atoms with Crippen LogP contribution in [0, 0.1) is 5.92 Å². The topological polar surface area (TPSA) is 58.6 Å². The standard InChI is InChI=1S/C24H30N2O3/c1-2-16-29-24(28)21-8-10-22(11-9-21)25-23(27)18-26-14-12-20(13-15-26)17-19-6-4-3-5-7-19/h3-11,20H,2,12-18H2,1H3,(H,25,27). The number of piperidine rings is 1. The minimum absolute atomic E-state index is 0.0205. The number of esters is 1. The quantitative estimate of drug-likeness (QED) is 0.684. The first kappa shape index (κ1) is 21.1. The molecule has 1 saturated heterocycles. The zero-order chi connectivity index (χ0) is 20.5. The molecule has 3 rings (SSSR count). The SMILES string of the molecule is CCCOC(=O)c1ccc(NC(=O)CN2CCC(Cc3ccccc3)CC2)cc1. The molecule has 5 nitrogen and oxygen atoms in total. The van der Waals surface area contributed by atoms with Crippen molar-refractivity contribution in [3.63, 3.8) is 0 Å². The molecular formula is C24H30N2O3. The number of carbonyl (C=O) groups is 2. The molecule has 0 bridgehead atoms. The van der Waals surface area contributed by atoms with Gasteiger partial charge in [0.25, 0.3) is 0 Å². The molecule has 29 heavy (non-hydrogen) atoms. The van der Waals surface area contributed by atoms with Gasteiger partial charge in [-0.2, -0.15) is 0 Å². The number of nitrogens with one attached hydrogen (secondary N) is 1. The molecule has 1 amide bonds. The van der Waals surface area contributed by atoms with Gasteiger partial charge < -0.3 is 10.1 Å². The van der Waals surface area contributed by atoms with Crippen molar-refractivity contribution in [1.29, 1.82) is 0 Å². The molecule has 2 aromatic rings. The third-order valence-corrected chi connectivity index (χ3v) is 5.28. The van der Waals surface area contributed by atoms with E-state index in [4.69, 9.17) is 4.74 Å². The lowest BCUT2D eigenvalue weighted by atomic mass is 9.90. The first-order chi connectivity index (χ1) is 14.1. The number of likely N-dealkylation sites (tertiary alicyclic amines) is 1. The van der Waals surface area contributed by atoms with Crippen LogP contribution in [0.5, 0.6) is 0 Å². The normalized spacial score (nSPS) is 15.1. The smallest absolute Gasteiger partial charge is 0.338 e. The van der Waals surface area contributed by atoms with Crippen molar-refractivity contribution >= 4 is 17.6 Å². The summed E-state index contributed by atoms with van der Waals surface area (Å²) < 4.78 is 5.11. The maximum atomic E-state index is 12.4. The van der Waals surface area contributed by atoms with Gasteiger partial charge in [0, 0.05) is 5.69 Å². The summed E-state index contributed by atoms with van der Waals surface area (Å²) in [6, 6.07) is 17.5. The number of hydrogen-bond donors (Lipinski definition) is 1. The fraction of sp³-hybridized carbons (Fsp3) is 0.417. The van der Waals surface area contributed by atoms with Gasteiger partial charge in [0.1, 0.15) is 0 Å². The van der Waals surface area contributed by atoms with Crippen molar-refractivity contribution in [2.75, 3.05) is 31.6 Å². The number of carbonyl (C=O) groups excluding carboxylic acids is 2. The molecule has 154 valence electrons. The Morgan fingerprint density at radius 3 is 2.38 bits per heavy atom. The molecule has 0 spiro atoms. The third-order valence-electron chi connectivity index (χ3n) is 5.28. The van der Waals surface area contributed by atoms with Gasteiger partial charge in [-0.3, -0.25) is 9.69 Å². The number of rotatable bonds is 8. The van der Waals surface area contributed by atoms with Gasteiger partial charge in [-0.25, -0.2) is 4.79 Å². The Balaban J connectivity index is 1.40. The first-order valence-corrected chi connectivity index (χ1v) is 10.5. The number of nitrogens with zero attached hydrogens (tertiary/aromatic N) is 1. The molecule has 1 aliphatic rings. The summed E-state index contributed by atoms with van der Waals surface area (Å²) >= 11 is 0. The molecule has 0 aromatic heterocycles. The van der Waals surface area contributed by atoms with Crippen LogP contribution in [-0.2, 0) is 16.0 Å². The molecule has 0 aliphatic carbocycles. The van der Waals surface area contributed by atoms with E-state index in [1.165, 1.54) is 5.56 Å². The largest absolute Gasteiger partial charge is 0.462 e. The average Bonchev–Trinajstić information content (AvgIpc) is 2.74. The van der Waals surface area contributed by atoms with E-state index in [9.17, 15) is 9.59 Å². The van der Waals surface area contributed by atoms with Crippen LogP contribution in [0.2, 0.25) is 0 Å². The second-order valence-corrected chi connectivity index (χ2v) is 7.67. The molecule has 1 aliphatic heterocycles. The van der Waals surface area contributed by atoms with Crippen LogP contribution in [-0.4, -0.2) is 43.0 Å². The third kappa shape index (κ3) is 6.71. The summed E-state index contributed by atoms with van der Waals surface area (Å²) in [5, 5.41) is 2.92. The Morgan fingerprint density at radius 2 is 1.72 bits per heavy atom. The van der Waals surface area contributed by atoms with Crippen molar-refractivity contribution in [2.24, 2.45) is 5.92 Å². The maximum absolute atomic E-state index is 12.4. The molecule has 2 aromatic carbocycles. The lowest BCUT2D eigenvalue weighted by Crippen LogP contribution is -2.39. The van der Waals surface area contributed by atoms with Gasteiger partial charge in [0.05, 0.1) is 18.7 Å². The number of ether oxygens (including phenoxy) is 1. The molecule has 0 radical (unpaired) electrons. The lowest BCUT2D eigenvalue weighted by molar-refractivity contribution is -0.117. The van der Waals surface area contributed by atoms with Gasteiger partial charge in [-0.15, -0.1) is 0 Å². The molecular weight excluding hydrogens is 364 g/mol. The minimum Gasteiger partial charge on any atom is -0.462 e. The van der Waals surface area contributed by atoms with Crippen LogP contribution >= 0.6 is 0 Å². The lowest BCUT2D eigenvalue weighted by Gasteiger charge is -2.31. The minimum atomic E-state index is -0.330. The Kier molecular flexibility index (Phi) is 7.82. The van der Waals surface area contributed by atoms with Gasteiger partial charge >= 0.3 is 5.97 Å². The summed E-state index contributed by atoms with van der Waals surface area (Å²) in [6.07, 6.45) is 4.16. The maximum Gasteiger partial charge on any atom is 0.338 e. The van der Waals surface area contributed by atoms with Crippen molar-refractivity contribution in [2.45, 2.75) is 32.6 Å². The molecule has 0 saturated carbocycles. The van der Waals surface area contributed by atoms with Gasteiger partial charge in [-0.05, 0) is 74.5 Å². The van der Waals surface area contributed by atoms with Crippen molar-refractivity contribution in [1.82, 2.24) is 4.90 Å². The number of hydrogen-bond acceptors (Lipinski definition) is 4. The van der Waals surface area contributed by atoms with E-state index >= 15 is 0 Å². The molecule has 0 unspecified atom stereocenters. The average molecular weight is 395 g/mol. The predicted molar refractivity (Wildman–Crippen MR) is 115 cm³/mol. The summed E-state index contributed by atoms with van der Waals surface area (Å²) in [7, 11) is 0. The Morgan fingerprint density at radius 1 is 1.03 bits per heavy atom. The summed E-state index contributed by atoms with van der Waals surface area (Å²) in [4.78, 5) is 26.4. The van der Waals surface area contributed by atoms with Crippen LogP contribution in [0.15, 0.2) is 54.6 Å². The zero-order valence-corrected chi connectivity index (χ0v) is 17.1. The highest BCUT2D eigenvalue weighted by Crippen LogP contribution is 2.21. The molecule has 0 atom stereocenters. The molecule has 1 N–H and O–H groups in total. The monoisotopic (exact) mass is 394 g/mol. The van der Waals surface area contributed by atoms with E-state index in [1.54, 1.807) is 24.3 Å². The Bertz CT molecular complexity index is 782. The van der Waals surface area contributed by atoms with E-state index in [0.717, 1.165) is 38.8 Å². The second-order valence-electron chi connectivity index (χ2n) is 7.67.